The zero-order valence-corrected chi connectivity index (χ0v) is 12.0. The molecule has 7 nitrogen and oxygen atoms in total. The molecule has 2 amide bonds. The molecule has 1 fully saturated rings. The topological polar surface area (TPSA) is 87.3 Å². The van der Waals surface area contributed by atoms with Gasteiger partial charge in [0.15, 0.2) is 0 Å². The number of aromatic amines is 1. The molecule has 20 heavy (non-hydrogen) atoms. The van der Waals surface area contributed by atoms with E-state index in [1.165, 1.54) is 6.33 Å². The highest BCUT2D eigenvalue weighted by Crippen LogP contribution is 2.13. The van der Waals surface area contributed by atoms with Gasteiger partial charge in [0.05, 0.1) is 12.4 Å². The van der Waals surface area contributed by atoms with Crippen LogP contribution in [0.4, 0.5) is 4.79 Å². The lowest BCUT2D eigenvalue weighted by atomic mass is 10.2. The van der Waals surface area contributed by atoms with E-state index in [1.54, 1.807) is 11.1 Å². The van der Waals surface area contributed by atoms with Crippen molar-refractivity contribution < 1.29 is 14.3 Å². The second kappa shape index (κ2) is 5.52. The van der Waals surface area contributed by atoms with Crippen LogP contribution in [0.3, 0.4) is 0 Å². The number of rotatable bonds is 2. The lowest BCUT2D eigenvalue weighted by Gasteiger charge is -2.22. The largest absolute Gasteiger partial charge is 0.444 e. The Bertz CT molecular complexity index is 478. The number of nitrogens with one attached hydrogen (secondary N) is 2. The van der Waals surface area contributed by atoms with Gasteiger partial charge in [-0.15, -0.1) is 0 Å². The molecule has 1 aromatic heterocycles. The Morgan fingerprint density at radius 3 is 2.85 bits per heavy atom. The van der Waals surface area contributed by atoms with Gasteiger partial charge in [0.2, 0.25) is 0 Å². The molecule has 1 unspecified atom stereocenters. The standard InChI is InChI=1S/C13H20N4O3/c1-13(2,3)20-12(19)16-9-4-5-17(7-9)11(18)10-6-14-8-15-10/h6,8-9H,4-5,7H2,1-3H3,(H,14,15)(H,16,19). The monoisotopic (exact) mass is 280 g/mol. The molecule has 110 valence electrons. The van der Waals surface area contributed by atoms with Crippen molar-refractivity contribution in [2.24, 2.45) is 0 Å². The first-order valence-electron chi connectivity index (χ1n) is 6.63. The Morgan fingerprint density at radius 2 is 2.25 bits per heavy atom. The van der Waals surface area contributed by atoms with Crippen LogP contribution in [0.25, 0.3) is 0 Å². The van der Waals surface area contributed by atoms with E-state index in [2.05, 4.69) is 15.3 Å². The third-order valence-electron chi connectivity index (χ3n) is 2.91. The molecule has 1 atom stereocenters. The minimum Gasteiger partial charge on any atom is -0.444 e. The fraction of sp³-hybridized carbons (Fsp3) is 0.615. The third kappa shape index (κ3) is 3.72. The first kappa shape index (κ1) is 14.4. The number of alkyl carbamates (subject to hydrolysis) is 1. The molecule has 0 saturated carbocycles. The predicted octanol–water partition coefficient (Wildman–Crippen LogP) is 1.15. The number of nitrogens with zero attached hydrogens (tertiary/aromatic N) is 2. The lowest BCUT2D eigenvalue weighted by molar-refractivity contribution is 0.0502. The van der Waals surface area contributed by atoms with Crippen LogP contribution in [0, 0.1) is 0 Å². The summed E-state index contributed by atoms with van der Waals surface area (Å²) >= 11 is 0. The molecule has 0 aliphatic carbocycles. The van der Waals surface area contributed by atoms with Gasteiger partial charge in [-0.2, -0.15) is 0 Å². The summed E-state index contributed by atoms with van der Waals surface area (Å²) in [5.74, 6) is -0.125. The number of ether oxygens (including phenoxy) is 1. The van der Waals surface area contributed by atoms with E-state index in [9.17, 15) is 9.59 Å². The highest BCUT2D eigenvalue weighted by molar-refractivity contribution is 5.92. The molecular formula is C13H20N4O3. The molecule has 0 aromatic carbocycles. The van der Waals surface area contributed by atoms with Crippen molar-refractivity contribution in [3.8, 4) is 0 Å². The van der Waals surface area contributed by atoms with Crippen LogP contribution < -0.4 is 5.32 Å². The van der Waals surface area contributed by atoms with Crippen molar-refractivity contribution in [1.82, 2.24) is 20.2 Å². The fourth-order valence-corrected chi connectivity index (χ4v) is 2.08. The van der Waals surface area contributed by atoms with E-state index in [-0.39, 0.29) is 11.9 Å². The smallest absolute Gasteiger partial charge is 0.407 e. The Morgan fingerprint density at radius 1 is 1.50 bits per heavy atom. The first-order valence-corrected chi connectivity index (χ1v) is 6.63. The fourth-order valence-electron chi connectivity index (χ4n) is 2.08. The molecule has 2 N–H and O–H groups in total. The Balaban J connectivity index is 1.84. The normalized spacial score (nSPS) is 18.9. The molecule has 2 rings (SSSR count). The van der Waals surface area contributed by atoms with E-state index in [4.69, 9.17) is 4.74 Å². The molecule has 1 aliphatic rings. The van der Waals surface area contributed by atoms with Crippen molar-refractivity contribution in [3.63, 3.8) is 0 Å². The number of carbonyl (C=O) groups is 2. The van der Waals surface area contributed by atoms with Crippen LogP contribution in [-0.2, 0) is 4.74 Å². The highest BCUT2D eigenvalue weighted by atomic mass is 16.6. The SMILES string of the molecule is CC(C)(C)OC(=O)NC1CCN(C(=O)c2c[nH]cn2)C1. The molecular weight excluding hydrogens is 260 g/mol. The van der Waals surface area contributed by atoms with E-state index in [0.29, 0.717) is 18.8 Å². The molecule has 0 spiro atoms. The summed E-state index contributed by atoms with van der Waals surface area (Å²) in [6, 6.07) is -0.0762. The molecule has 1 aliphatic heterocycles. The van der Waals surface area contributed by atoms with Crippen LogP contribution in [0.15, 0.2) is 12.5 Å². The number of H-pyrrole nitrogens is 1. The van der Waals surface area contributed by atoms with Crippen LogP contribution in [-0.4, -0.2) is 51.6 Å². The summed E-state index contributed by atoms with van der Waals surface area (Å²) in [5, 5.41) is 2.78. The van der Waals surface area contributed by atoms with Gasteiger partial charge in [0, 0.05) is 19.3 Å². The number of hydrogen-bond acceptors (Lipinski definition) is 4. The van der Waals surface area contributed by atoms with Crippen LogP contribution in [0.2, 0.25) is 0 Å². The minimum absolute atomic E-state index is 0.0762. The number of aromatic nitrogens is 2. The van der Waals surface area contributed by atoms with E-state index < -0.39 is 11.7 Å². The Labute approximate surface area is 117 Å². The Hall–Kier alpha value is -2.05. The van der Waals surface area contributed by atoms with Crippen molar-refractivity contribution >= 4 is 12.0 Å². The van der Waals surface area contributed by atoms with E-state index in [1.807, 2.05) is 20.8 Å². The van der Waals surface area contributed by atoms with Crippen LogP contribution in [0.5, 0.6) is 0 Å². The second-order valence-corrected chi connectivity index (χ2v) is 5.84. The average molecular weight is 280 g/mol. The average Bonchev–Trinajstić information content (AvgIpc) is 2.95. The predicted molar refractivity (Wildman–Crippen MR) is 72.3 cm³/mol. The van der Waals surface area contributed by atoms with Crippen molar-refractivity contribution in [1.29, 1.82) is 0 Å². The summed E-state index contributed by atoms with van der Waals surface area (Å²) in [7, 11) is 0. The van der Waals surface area contributed by atoms with Crippen LogP contribution in [0.1, 0.15) is 37.7 Å². The zero-order valence-electron chi connectivity index (χ0n) is 12.0. The van der Waals surface area contributed by atoms with E-state index in [0.717, 1.165) is 6.42 Å². The maximum Gasteiger partial charge on any atom is 0.407 e. The maximum atomic E-state index is 12.1. The Kier molecular flexibility index (Phi) is 3.96. The zero-order chi connectivity index (χ0) is 14.8. The lowest BCUT2D eigenvalue weighted by Crippen LogP contribution is -2.41. The van der Waals surface area contributed by atoms with Gasteiger partial charge >= 0.3 is 6.09 Å². The van der Waals surface area contributed by atoms with Crippen molar-refractivity contribution in [3.05, 3.63) is 18.2 Å². The van der Waals surface area contributed by atoms with Crippen molar-refractivity contribution in [2.45, 2.75) is 38.8 Å². The summed E-state index contributed by atoms with van der Waals surface area (Å²) in [6.07, 6.45) is 3.31. The summed E-state index contributed by atoms with van der Waals surface area (Å²) in [5.41, 5.74) is -0.129. The molecule has 0 bridgehead atoms. The van der Waals surface area contributed by atoms with Gasteiger partial charge < -0.3 is 19.9 Å². The number of hydrogen-bond donors (Lipinski definition) is 2. The number of carbonyl (C=O) groups excluding carboxylic acids is 2. The maximum absolute atomic E-state index is 12.1. The summed E-state index contributed by atoms with van der Waals surface area (Å²) in [4.78, 5) is 32.1. The first-order chi connectivity index (χ1) is 9.35. The van der Waals surface area contributed by atoms with Crippen molar-refractivity contribution in [2.75, 3.05) is 13.1 Å². The highest BCUT2D eigenvalue weighted by Gasteiger charge is 2.29. The molecule has 0 radical (unpaired) electrons. The number of imidazole rings is 1. The molecule has 1 aromatic rings. The van der Waals surface area contributed by atoms with Gasteiger partial charge in [-0.05, 0) is 27.2 Å². The second-order valence-electron chi connectivity index (χ2n) is 5.84. The van der Waals surface area contributed by atoms with Gasteiger partial charge in [-0.1, -0.05) is 0 Å². The van der Waals surface area contributed by atoms with Gasteiger partial charge in [-0.3, -0.25) is 4.79 Å². The van der Waals surface area contributed by atoms with Gasteiger partial charge in [0.25, 0.3) is 5.91 Å². The number of amides is 2. The molecule has 2 heterocycles. The summed E-state index contributed by atoms with van der Waals surface area (Å²) < 4.78 is 5.20. The van der Waals surface area contributed by atoms with Gasteiger partial charge in [0.1, 0.15) is 11.3 Å². The van der Waals surface area contributed by atoms with Crippen LogP contribution >= 0.6 is 0 Å². The molecule has 7 heteroatoms. The quantitative estimate of drug-likeness (QED) is 0.850. The third-order valence-corrected chi connectivity index (χ3v) is 2.91. The molecule has 1 saturated heterocycles. The van der Waals surface area contributed by atoms with E-state index >= 15 is 0 Å². The summed E-state index contributed by atoms with van der Waals surface area (Å²) in [6.45, 7) is 6.52. The minimum atomic E-state index is -0.521. The number of likely N-dealkylation sites (tertiary alicyclic amines) is 1. The van der Waals surface area contributed by atoms with Gasteiger partial charge in [-0.25, -0.2) is 9.78 Å².